The third-order valence-electron chi connectivity index (χ3n) is 4.85. The maximum atomic E-state index is 13.8. The fourth-order valence-corrected chi connectivity index (χ4v) is 3.70. The first-order valence-corrected chi connectivity index (χ1v) is 8.59. The molecule has 0 amide bonds. The van der Waals surface area contributed by atoms with Crippen LogP contribution in [0.4, 0.5) is 8.78 Å². The highest BCUT2D eigenvalue weighted by Crippen LogP contribution is 2.48. The van der Waals surface area contributed by atoms with Gasteiger partial charge in [-0.05, 0) is 65.5 Å². The average molecular weight is 362 g/mol. The van der Waals surface area contributed by atoms with Crippen LogP contribution < -0.4 is 5.73 Å². The van der Waals surface area contributed by atoms with Crippen LogP contribution in [0.3, 0.4) is 0 Å². The Morgan fingerprint density at radius 3 is 2.52 bits per heavy atom. The molecule has 4 rings (SSSR count). The molecule has 2 aliphatic rings. The van der Waals surface area contributed by atoms with E-state index in [2.05, 4.69) is 6.07 Å². The highest BCUT2D eigenvalue weighted by molar-refractivity contribution is 5.63. The van der Waals surface area contributed by atoms with Crippen molar-refractivity contribution in [2.45, 2.75) is 18.8 Å². The van der Waals surface area contributed by atoms with Gasteiger partial charge in [0, 0.05) is 5.92 Å². The Balaban J connectivity index is 1.81. The molecule has 134 valence electrons. The van der Waals surface area contributed by atoms with Crippen LogP contribution in [-0.4, -0.2) is 0 Å². The van der Waals surface area contributed by atoms with Gasteiger partial charge < -0.3 is 10.5 Å². The molecule has 27 heavy (non-hydrogen) atoms. The van der Waals surface area contributed by atoms with Gasteiger partial charge in [0.1, 0.15) is 29.0 Å². The first-order chi connectivity index (χ1) is 13.1. The molecule has 2 aromatic carbocycles. The van der Waals surface area contributed by atoms with Crippen molar-refractivity contribution in [3.63, 3.8) is 0 Å². The summed E-state index contributed by atoms with van der Waals surface area (Å²) in [6, 6.07) is 14.6. The first kappa shape index (κ1) is 17.0. The minimum absolute atomic E-state index is 0.0255. The number of halogens is 2. The summed E-state index contributed by atoms with van der Waals surface area (Å²) in [6.45, 7) is 0. The molecule has 0 saturated heterocycles. The van der Waals surface area contributed by atoms with E-state index in [1.807, 2.05) is 6.08 Å². The van der Waals surface area contributed by atoms with Crippen molar-refractivity contribution >= 4 is 6.08 Å². The molecule has 3 nitrogen and oxygen atoms in total. The Bertz CT molecular complexity index is 1060. The Morgan fingerprint density at radius 1 is 1.07 bits per heavy atom. The van der Waals surface area contributed by atoms with Crippen LogP contribution in [0, 0.1) is 23.0 Å². The summed E-state index contributed by atoms with van der Waals surface area (Å²) in [4.78, 5) is 0. The number of allylic oxidation sites excluding steroid dienone is 3. The zero-order chi connectivity index (χ0) is 19.0. The molecule has 0 spiro atoms. The van der Waals surface area contributed by atoms with E-state index in [1.165, 1.54) is 24.3 Å². The summed E-state index contributed by atoms with van der Waals surface area (Å²) in [6.07, 6.45) is 3.20. The molecule has 2 N–H and O–H groups in total. The van der Waals surface area contributed by atoms with E-state index in [0.29, 0.717) is 24.2 Å². The standard InChI is InChI=1S/C22H16F2N2O/c23-16-5-1-3-13(10-16)9-15-7-8-18-20(14-4-2-6-17(24)11-14)19(12-25)22(26)27-21(15)18/h1-6,9-11,20H,7-8,26H2. The number of nitrogens with zero attached hydrogens (tertiary/aromatic N) is 1. The largest absolute Gasteiger partial charge is 0.440 e. The maximum absolute atomic E-state index is 13.8. The molecule has 1 aliphatic heterocycles. The van der Waals surface area contributed by atoms with Gasteiger partial charge in [-0.1, -0.05) is 24.3 Å². The fourth-order valence-electron chi connectivity index (χ4n) is 3.70. The van der Waals surface area contributed by atoms with Gasteiger partial charge in [-0.3, -0.25) is 0 Å². The Labute approximate surface area is 155 Å². The lowest BCUT2D eigenvalue weighted by Crippen LogP contribution is -2.19. The molecule has 1 atom stereocenters. The van der Waals surface area contributed by atoms with Crippen LogP contribution in [0.2, 0.25) is 0 Å². The second-order valence-corrected chi connectivity index (χ2v) is 6.56. The van der Waals surface area contributed by atoms with E-state index in [9.17, 15) is 14.0 Å². The van der Waals surface area contributed by atoms with Gasteiger partial charge in [-0.2, -0.15) is 5.26 Å². The predicted octanol–water partition coefficient (Wildman–Crippen LogP) is 4.90. The molecule has 0 fully saturated rings. The minimum Gasteiger partial charge on any atom is -0.440 e. The van der Waals surface area contributed by atoms with Crippen LogP contribution in [0.25, 0.3) is 6.08 Å². The summed E-state index contributed by atoms with van der Waals surface area (Å²) < 4.78 is 33.0. The molecule has 0 aromatic heterocycles. The number of hydrogen-bond donors (Lipinski definition) is 1. The summed E-state index contributed by atoms with van der Waals surface area (Å²) in [5.41, 5.74) is 9.46. The molecule has 2 aromatic rings. The van der Waals surface area contributed by atoms with Crippen LogP contribution in [0.15, 0.2) is 76.9 Å². The van der Waals surface area contributed by atoms with E-state index in [1.54, 1.807) is 24.3 Å². The van der Waals surface area contributed by atoms with Gasteiger partial charge in [0.25, 0.3) is 0 Å². The Hall–Kier alpha value is -3.39. The number of ether oxygens (including phenoxy) is 1. The smallest absolute Gasteiger partial charge is 0.205 e. The average Bonchev–Trinajstić information content (AvgIpc) is 3.02. The number of rotatable bonds is 2. The molecule has 0 radical (unpaired) electrons. The third kappa shape index (κ3) is 3.11. The second kappa shape index (κ2) is 6.73. The minimum atomic E-state index is -0.437. The summed E-state index contributed by atoms with van der Waals surface area (Å²) in [5.74, 6) is -0.495. The normalized spacial score (nSPS) is 20.5. The molecule has 0 saturated carbocycles. The summed E-state index contributed by atoms with van der Waals surface area (Å²) in [7, 11) is 0. The molecule has 1 heterocycles. The van der Waals surface area contributed by atoms with Gasteiger partial charge in [-0.15, -0.1) is 0 Å². The molecule has 1 aliphatic carbocycles. The number of hydrogen-bond acceptors (Lipinski definition) is 3. The number of nitriles is 1. The Morgan fingerprint density at radius 2 is 1.81 bits per heavy atom. The quantitative estimate of drug-likeness (QED) is 0.826. The first-order valence-electron chi connectivity index (χ1n) is 8.59. The summed E-state index contributed by atoms with van der Waals surface area (Å²) in [5, 5.41) is 9.57. The van der Waals surface area contributed by atoms with Gasteiger partial charge in [0.15, 0.2) is 0 Å². The monoisotopic (exact) mass is 362 g/mol. The molecule has 0 bridgehead atoms. The zero-order valence-electron chi connectivity index (χ0n) is 14.4. The predicted molar refractivity (Wildman–Crippen MR) is 97.7 cm³/mol. The SMILES string of the molecule is N#CC1=C(N)OC2=C(CCC2=Cc2cccc(F)c2)C1c1cccc(F)c1. The van der Waals surface area contributed by atoms with Gasteiger partial charge in [0.05, 0.1) is 0 Å². The molecule has 5 heteroatoms. The van der Waals surface area contributed by atoms with Crippen LogP contribution >= 0.6 is 0 Å². The van der Waals surface area contributed by atoms with E-state index in [-0.39, 0.29) is 23.1 Å². The van der Waals surface area contributed by atoms with Crippen molar-refractivity contribution in [1.29, 1.82) is 5.26 Å². The third-order valence-corrected chi connectivity index (χ3v) is 4.85. The van der Waals surface area contributed by atoms with Crippen LogP contribution in [-0.2, 0) is 4.74 Å². The lowest BCUT2D eigenvalue weighted by Gasteiger charge is -2.26. The van der Waals surface area contributed by atoms with Crippen molar-refractivity contribution in [3.05, 3.63) is 99.7 Å². The Kier molecular flexibility index (Phi) is 4.25. The van der Waals surface area contributed by atoms with Crippen molar-refractivity contribution in [1.82, 2.24) is 0 Å². The lowest BCUT2D eigenvalue weighted by molar-refractivity contribution is 0.292. The zero-order valence-corrected chi connectivity index (χ0v) is 14.4. The van der Waals surface area contributed by atoms with Crippen molar-refractivity contribution in [2.75, 3.05) is 0 Å². The topological polar surface area (TPSA) is 59.0 Å². The fraction of sp³-hybridized carbons (Fsp3) is 0.136. The highest BCUT2D eigenvalue weighted by atomic mass is 19.1. The van der Waals surface area contributed by atoms with E-state index < -0.39 is 5.92 Å². The maximum Gasteiger partial charge on any atom is 0.205 e. The molecular formula is C22H16F2N2O. The van der Waals surface area contributed by atoms with Crippen LogP contribution in [0.1, 0.15) is 29.9 Å². The molecular weight excluding hydrogens is 346 g/mol. The number of benzene rings is 2. The van der Waals surface area contributed by atoms with Gasteiger partial charge in [0.2, 0.25) is 5.88 Å². The van der Waals surface area contributed by atoms with E-state index in [0.717, 1.165) is 16.7 Å². The van der Waals surface area contributed by atoms with Crippen molar-refractivity contribution in [2.24, 2.45) is 5.73 Å². The van der Waals surface area contributed by atoms with E-state index in [4.69, 9.17) is 10.5 Å². The highest BCUT2D eigenvalue weighted by Gasteiger charge is 2.37. The second-order valence-electron chi connectivity index (χ2n) is 6.56. The van der Waals surface area contributed by atoms with Gasteiger partial charge in [-0.25, -0.2) is 8.78 Å². The van der Waals surface area contributed by atoms with Crippen molar-refractivity contribution in [3.8, 4) is 6.07 Å². The van der Waals surface area contributed by atoms with E-state index >= 15 is 0 Å². The van der Waals surface area contributed by atoms with Gasteiger partial charge >= 0.3 is 0 Å². The van der Waals surface area contributed by atoms with Crippen molar-refractivity contribution < 1.29 is 13.5 Å². The van der Waals surface area contributed by atoms with Crippen LogP contribution in [0.5, 0.6) is 0 Å². The summed E-state index contributed by atoms with van der Waals surface area (Å²) >= 11 is 0. The molecule has 1 unspecified atom stereocenters. The number of nitrogens with two attached hydrogens (primary N) is 1. The lowest BCUT2D eigenvalue weighted by atomic mass is 9.83.